The summed E-state index contributed by atoms with van der Waals surface area (Å²) in [6.07, 6.45) is 0.596. The molecule has 0 saturated carbocycles. The van der Waals surface area contributed by atoms with E-state index in [2.05, 4.69) is 15.9 Å². The van der Waals surface area contributed by atoms with E-state index in [1.165, 1.54) is 19.1 Å². The molecule has 1 fully saturated rings. The number of aliphatic hydroxyl groups excluding tert-OH is 1. The summed E-state index contributed by atoms with van der Waals surface area (Å²) in [5, 5.41) is 11.2. The Kier molecular flexibility index (Phi) is 8.15. The van der Waals surface area contributed by atoms with Crippen LogP contribution >= 0.6 is 15.9 Å². The van der Waals surface area contributed by atoms with Crippen LogP contribution in [0.2, 0.25) is 0 Å². The average molecular weight is 518 g/mol. The zero-order chi connectivity index (χ0) is 24.1. The van der Waals surface area contributed by atoms with Crippen molar-refractivity contribution < 1.29 is 28.9 Å². The van der Waals surface area contributed by atoms with Gasteiger partial charge in [0.15, 0.2) is 0 Å². The maximum absolute atomic E-state index is 13.2. The van der Waals surface area contributed by atoms with Crippen LogP contribution in [0, 0.1) is 0 Å². The maximum Gasteiger partial charge on any atom is 0.295 e. The second-order valence-electron chi connectivity index (χ2n) is 7.88. The summed E-state index contributed by atoms with van der Waals surface area (Å²) in [5.74, 6) is -0.629. The van der Waals surface area contributed by atoms with E-state index in [9.17, 15) is 14.7 Å². The highest BCUT2D eigenvalue weighted by Crippen LogP contribution is 2.44. The lowest BCUT2D eigenvalue weighted by Crippen LogP contribution is -2.31. The minimum absolute atomic E-state index is 0.0126. The smallest absolute Gasteiger partial charge is 0.295 e. The molecular formula is C25H28BrNO6. The van der Waals surface area contributed by atoms with Crippen molar-refractivity contribution in [1.82, 2.24) is 4.90 Å². The predicted molar refractivity (Wildman–Crippen MR) is 128 cm³/mol. The second kappa shape index (κ2) is 10.9. The maximum atomic E-state index is 13.2. The van der Waals surface area contributed by atoms with Crippen LogP contribution in [-0.4, -0.2) is 55.2 Å². The summed E-state index contributed by atoms with van der Waals surface area (Å²) >= 11 is 3.37. The number of rotatable bonds is 9. The minimum Gasteiger partial charge on any atom is -0.507 e. The number of nitrogens with zero attached hydrogens (tertiary/aromatic N) is 1. The van der Waals surface area contributed by atoms with Crippen LogP contribution in [0.4, 0.5) is 0 Å². The first-order valence-corrected chi connectivity index (χ1v) is 11.5. The number of aliphatic hydroxyl groups is 1. The molecule has 1 amide bonds. The monoisotopic (exact) mass is 517 g/mol. The van der Waals surface area contributed by atoms with Crippen molar-refractivity contribution in [2.45, 2.75) is 32.4 Å². The van der Waals surface area contributed by atoms with Crippen molar-refractivity contribution in [1.29, 1.82) is 0 Å². The molecule has 1 aliphatic heterocycles. The van der Waals surface area contributed by atoms with E-state index >= 15 is 0 Å². The van der Waals surface area contributed by atoms with E-state index in [1.54, 1.807) is 42.5 Å². The van der Waals surface area contributed by atoms with Crippen LogP contribution in [0.1, 0.15) is 37.4 Å². The molecule has 1 aliphatic rings. The van der Waals surface area contributed by atoms with E-state index in [0.717, 1.165) is 4.47 Å². The SMILES string of the molecule is COc1ccc(OC)c([C@@H]2C(=C(O)c3ccc(Br)cc3)C(=O)C(=O)N2CCCOC(C)C)c1. The Morgan fingerprint density at radius 1 is 1.09 bits per heavy atom. The number of halogens is 1. The molecule has 1 saturated heterocycles. The first kappa shape index (κ1) is 24.8. The number of carbonyl (C=O) groups is 2. The number of benzene rings is 2. The average Bonchev–Trinajstić information content (AvgIpc) is 3.06. The third kappa shape index (κ3) is 5.39. The Bertz CT molecular complexity index is 1050. The largest absolute Gasteiger partial charge is 0.507 e. The summed E-state index contributed by atoms with van der Waals surface area (Å²) < 4.78 is 17.4. The van der Waals surface area contributed by atoms with Crippen molar-refractivity contribution in [3.8, 4) is 11.5 Å². The lowest BCUT2D eigenvalue weighted by molar-refractivity contribution is -0.140. The molecule has 3 rings (SSSR count). The molecule has 176 valence electrons. The lowest BCUT2D eigenvalue weighted by atomic mass is 9.94. The van der Waals surface area contributed by atoms with Gasteiger partial charge in [0.1, 0.15) is 17.3 Å². The third-order valence-electron chi connectivity index (χ3n) is 5.38. The quantitative estimate of drug-likeness (QED) is 0.224. The van der Waals surface area contributed by atoms with Crippen molar-refractivity contribution in [3.63, 3.8) is 0 Å². The number of Topliss-reactive ketones (excluding diaryl/α,β-unsaturated/α-hetero) is 1. The van der Waals surface area contributed by atoms with Crippen LogP contribution in [0.5, 0.6) is 11.5 Å². The topological polar surface area (TPSA) is 85.3 Å². The molecule has 2 aromatic rings. The van der Waals surface area contributed by atoms with E-state index in [4.69, 9.17) is 14.2 Å². The lowest BCUT2D eigenvalue weighted by Gasteiger charge is -2.27. The molecular weight excluding hydrogens is 490 g/mol. The van der Waals surface area contributed by atoms with Gasteiger partial charge in [0, 0.05) is 28.8 Å². The van der Waals surface area contributed by atoms with Crippen LogP contribution in [0.3, 0.4) is 0 Å². The summed E-state index contributed by atoms with van der Waals surface area (Å²) in [6.45, 7) is 4.59. The molecule has 0 radical (unpaired) electrons. The van der Waals surface area contributed by atoms with Gasteiger partial charge in [0.2, 0.25) is 0 Å². The fraction of sp³-hybridized carbons (Fsp3) is 0.360. The predicted octanol–water partition coefficient (Wildman–Crippen LogP) is 4.70. The summed E-state index contributed by atoms with van der Waals surface area (Å²) in [6, 6.07) is 11.2. The van der Waals surface area contributed by atoms with E-state index in [-0.39, 0.29) is 24.0 Å². The Labute approximate surface area is 202 Å². The molecule has 33 heavy (non-hydrogen) atoms. The molecule has 0 unspecified atom stereocenters. The van der Waals surface area contributed by atoms with Crippen LogP contribution in [0.15, 0.2) is 52.5 Å². The van der Waals surface area contributed by atoms with Crippen LogP contribution < -0.4 is 9.47 Å². The summed E-state index contributed by atoms with van der Waals surface area (Å²) in [5.41, 5.74) is 1.00. The minimum atomic E-state index is -0.835. The first-order chi connectivity index (χ1) is 15.8. The molecule has 8 heteroatoms. The molecule has 1 heterocycles. The Morgan fingerprint density at radius 3 is 2.39 bits per heavy atom. The van der Waals surface area contributed by atoms with E-state index in [1.807, 2.05) is 13.8 Å². The number of hydrogen-bond acceptors (Lipinski definition) is 6. The standard InChI is InChI=1S/C25H28BrNO6/c1-15(2)33-13-5-12-27-22(19-14-18(31-3)10-11-20(19)32-4)21(24(29)25(27)30)23(28)16-6-8-17(26)9-7-16/h6-11,14-15,22,28H,5,12-13H2,1-4H3/t22-/m1/s1. The second-order valence-corrected chi connectivity index (χ2v) is 8.80. The summed E-state index contributed by atoms with van der Waals surface area (Å²) in [7, 11) is 3.05. The van der Waals surface area contributed by atoms with Gasteiger partial charge in [0.05, 0.1) is 31.9 Å². The molecule has 0 aromatic heterocycles. The number of likely N-dealkylation sites (tertiary alicyclic amines) is 1. The van der Waals surface area contributed by atoms with Crippen molar-refractivity contribution >= 4 is 33.4 Å². The van der Waals surface area contributed by atoms with Gasteiger partial charge in [-0.05, 0) is 50.6 Å². The summed E-state index contributed by atoms with van der Waals surface area (Å²) in [4.78, 5) is 27.7. The third-order valence-corrected chi connectivity index (χ3v) is 5.91. The number of ketones is 1. The zero-order valence-electron chi connectivity index (χ0n) is 19.1. The van der Waals surface area contributed by atoms with Crippen molar-refractivity contribution in [3.05, 3.63) is 63.6 Å². The van der Waals surface area contributed by atoms with E-state index < -0.39 is 17.7 Å². The first-order valence-electron chi connectivity index (χ1n) is 10.7. The molecule has 2 aromatic carbocycles. The fourth-order valence-corrected chi connectivity index (χ4v) is 4.07. The van der Waals surface area contributed by atoms with Gasteiger partial charge < -0.3 is 24.2 Å². The number of amides is 1. The van der Waals surface area contributed by atoms with Crippen LogP contribution in [-0.2, 0) is 14.3 Å². The highest BCUT2D eigenvalue weighted by atomic mass is 79.9. The van der Waals surface area contributed by atoms with Gasteiger partial charge in [0.25, 0.3) is 11.7 Å². The number of methoxy groups -OCH3 is 2. The molecule has 1 atom stereocenters. The van der Waals surface area contributed by atoms with Crippen LogP contribution in [0.25, 0.3) is 5.76 Å². The molecule has 0 bridgehead atoms. The highest BCUT2D eigenvalue weighted by Gasteiger charge is 2.47. The fourth-order valence-electron chi connectivity index (χ4n) is 3.80. The molecule has 1 N–H and O–H groups in total. The van der Waals surface area contributed by atoms with Gasteiger partial charge in [-0.15, -0.1) is 0 Å². The van der Waals surface area contributed by atoms with E-state index in [0.29, 0.717) is 35.7 Å². The van der Waals surface area contributed by atoms with Gasteiger partial charge in [-0.2, -0.15) is 0 Å². The molecule has 0 aliphatic carbocycles. The normalized spacial score (nSPS) is 17.6. The van der Waals surface area contributed by atoms with Gasteiger partial charge >= 0.3 is 0 Å². The Hall–Kier alpha value is -2.84. The Balaban J connectivity index is 2.13. The zero-order valence-corrected chi connectivity index (χ0v) is 20.7. The van der Waals surface area contributed by atoms with Gasteiger partial charge in [-0.3, -0.25) is 9.59 Å². The Morgan fingerprint density at radius 2 is 1.79 bits per heavy atom. The molecule has 7 nitrogen and oxygen atoms in total. The van der Waals surface area contributed by atoms with Gasteiger partial charge in [-0.1, -0.05) is 28.1 Å². The highest BCUT2D eigenvalue weighted by molar-refractivity contribution is 9.10. The number of carbonyl (C=O) groups excluding carboxylic acids is 2. The number of ether oxygens (including phenoxy) is 3. The van der Waals surface area contributed by atoms with Crippen molar-refractivity contribution in [2.24, 2.45) is 0 Å². The van der Waals surface area contributed by atoms with Gasteiger partial charge in [-0.25, -0.2) is 0 Å². The number of hydrogen-bond donors (Lipinski definition) is 1. The van der Waals surface area contributed by atoms with Crippen molar-refractivity contribution in [2.75, 3.05) is 27.4 Å². The molecule has 0 spiro atoms.